The van der Waals surface area contributed by atoms with E-state index in [0.29, 0.717) is 12.8 Å². The van der Waals surface area contributed by atoms with Gasteiger partial charge in [0.1, 0.15) is 5.82 Å². The third-order valence-electron chi connectivity index (χ3n) is 10.9. The van der Waals surface area contributed by atoms with Gasteiger partial charge < -0.3 is 5.32 Å². The smallest absolute Gasteiger partial charge is 0.162 e. The number of carbonyl (C=O) groups excluding carboxylic acids is 2. The van der Waals surface area contributed by atoms with E-state index in [0.717, 1.165) is 80.0 Å². The van der Waals surface area contributed by atoms with Gasteiger partial charge in [-0.1, -0.05) is 77.1 Å². The lowest BCUT2D eigenvalue weighted by Gasteiger charge is -2.48. The Bertz CT molecular complexity index is 2020. The molecule has 2 aromatic heterocycles. The average molecular weight is 661 g/mol. The minimum atomic E-state index is -0.616. The van der Waals surface area contributed by atoms with Crippen LogP contribution in [-0.2, 0) is 20.4 Å². The lowest BCUT2D eigenvalue weighted by Crippen LogP contribution is -2.45. The van der Waals surface area contributed by atoms with Crippen molar-refractivity contribution in [3.8, 4) is 0 Å². The van der Waals surface area contributed by atoms with Gasteiger partial charge in [-0.15, -0.1) is 22.7 Å². The molecule has 1 N–H and O–H groups in total. The highest BCUT2D eigenvalue weighted by atomic mass is 32.1. The highest BCUT2D eigenvalue weighted by Crippen LogP contribution is 2.59. The molecule has 8 rings (SSSR count). The van der Waals surface area contributed by atoms with E-state index in [1.54, 1.807) is 22.7 Å². The van der Waals surface area contributed by atoms with Crippen molar-refractivity contribution in [3.05, 3.63) is 109 Å². The number of hydrogen-bond donors (Lipinski definition) is 1. The maximum Gasteiger partial charge on any atom is 0.162 e. The molecule has 8 heteroatoms. The van der Waals surface area contributed by atoms with Gasteiger partial charge in [0.25, 0.3) is 0 Å². The molecular weight excluding hydrogens is 621 g/mol. The predicted octanol–water partition coefficient (Wildman–Crippen LogP) is 9.47. The standard InChI is InChI=1S/C39H40N4O2S2/c1-7-39(24-11-9-8-10-12-24)31-27(18-37(4,5)20-29(31)45)43(35-33(39)47-22-41-35)25-15-13-23(14-16-25)38(6)30-26(17-36(2,3)19-28(30)44)42-34-32(38)46-21-40-34/h8-16,21-22,42H,7,17-20H2,1-6H3/t38-,39-/m1/s1. The second-order valence-corrected chi connectivity index (χ2v) is 17.1. The zero-order valence-electron chi connectivity index (χ0n) is 27.9. The van der Waals surface area contributed by atoms with Gasteiger partial charge in [-0.2, -0.15) is 0 Å². The second-order valence-electron chi connectivity index (χ2n) is 15.3. The Hall–Kier alpha value is -3.88. The van der Waals surface area contributed by atoms with Crippen LogP contribution in [0.2, 0.25) is 0 Å². The van der Waals surface area contributed by atoms with Crippen molar-refractivity contribution in [2.75, 3.05) is 10.2 Å². The number of carbonyl (C=O) groups is 2. The van der Waals surface area contributed by atoms with Crippen LogP contribution in [-0.4, -0.2) is 21.5 Å². The van der Waals surface area contributed by atoms with E-state index < -0.39 is 10.8 Å². The number of nitrogens with zero attached hydrogens (tertiary/aromatic N) is 3. The summed E-state index contributed by atoms with van der Waals surface area (Å²) in [4.78, 5) is 42.3. The molecule has 0 saturated heterocycles. The summed E-state index contributed by atoms with van der Waals surface area (Å²) in [6.07, 6.45) is 3.40. The summed E-state index contributed by atoms with van der Waals surface area (Å²) in [5.74, 6) is 2.18. The summed E-state index contributed by atoms with van der Waals surface area (Å²) in [5, 5.41) is 3.54. The van der Waals surface area contributed by atoms with E-state index in [9.17, 15) is 9.59 Å². The maximum atomic E-state index is 14.4. The van der Waals surface area contributed by atoms with Gasteiger partial charge in [0.05, 0.1) is 31.6 Å². The van der Waals surface area contributed by atoms with Crippen LogP contribution < -0.4 is 10.2 Å². The summed E-state index contributed by atoms with van der Waals surface area (Å²) in [6, 6.07) is 19.2. The Morgan fingerprint density at radius 1 is 0.745 bits per heavy atom. The summed E-state index contributed by atoms with van der Waals surface area (Å²) in [7, 11) is 0. The molecule has 2 aliphatic carbocycles. The highest BCUT2D eigenvalue weighted by Gasteiger charge is 2.53. The molecule has 4 aliphatic rings. The van der Waals surface area contributed by atoms with E-state index in [4.69, 9.17) is 4.98 Å². The number of hydrogen-bond acceptors (Lipinski definition) is 8. The molecule has 0 unspecified atom stereocenters. The molecule has 0 bridgehead atoms. The molecule has 0 radical (unpaired) electrons. The number of allylic oxidation sites excluding steroid dienone is 4. The quantitative estimate of drug-likeness (QED) is 0.235. The SMILES string of the molecule is CC[C@@]1(c2ccccc2)C2=C(CC(C)(C)CC2=O)N(c2ccc([C@]3(C)C4=C(CC(C)(C)CC4=O)Nc4ncsc43)cc2)c2ncsc21. The zero-order chi connectivity index (χ0) is 32.9. The fourth-order valence-corrected chi connectivity index (χ4v) is 10.9. The van der Waals surface area contributed by atoms with Crippen molar-refractivity contribution in [1.29, 1.82) is 0 Å². The number of nitrogens with one attached hydrogen (secondary N) is 1. The normalized spacial score (nSPS) is 26.0. The Balaban J connectivity index is 1.30. The third-order valence-corrected chi connectivity index (χ3v) is 12.9. The average Bonchev–Trinajstić information content (AvgIpc) is 3.70. The molecule has 2 aliphatic heterocycles. The fraction of sp³-hybridized carbons (Fsp3) is 0.385. The zero-order valence-corrected chi connectivity index (χ0v) is 29.5. The van der Waals surface area contributed by atoms with Crippen LogP contribution in [0.1, 0.15) is 94.5 Å². The van der Waals surface area contributed by atoms with Crippen LogP contribution in [0.4, 0.5) is 17.3 Å². The molecule has 0 fully saturated rings. The van der Waals surface area contributed by atoms with Gasteiger partial charge in [0.15, 0.2) is 17.4 Å². The molecule has 4 aromatic rings. The number of benzene rings is 2. The van der Waals surface area contributed by atoms with E-state index >= 15 is 0 Å². The van der Waals surface area contributed by atoms with Gasteiger partial charge in [-0.25, -0.2) is 9.97 Å². The topological polar surface area (TPSA) is 75.2 Å². The lowest BCUT2D eigenvalue weighted by molar-refractivity contribution is -0.119. The van der Waals surface area contributed by atoms with Crippen molar-refractivity contribution in [2.45, 2.75) is 84.5 Å². The third kappa shape index (κ3) is 4.33. The van der Waals surface area contributed by atoms with Gasteiger partial charge in [0.2, 0.25) is 0 Å². The molecule has 4 heterocycles. The Morgan fingerprint density at radius 3 is 2.09 bits per heavy atom. The van der Waals surface area contributed by atoms with E-state index in [1.165, 1.54) is 0 Å². The van der Waals surface area contributed by atoms with Gasteiger partial charge >= 0.3 is 0 Å². The lowest BCUT2D eigenvalue weighted by atomic mass is 9.61. The van der Waals surface area contributed by atoms with Gasteiger partial charge in [-0.05, 0) is 60.3 Å². The number of Topliss-reactive ketones (excluding diaryl/α,β-unsaturated/α-hetero) is 2. The van der Waals surface area contributed by atoms with E-state index in [2.05, 4.69) is 105 Å². The molecule has 2 aromatic carbocycles. The van der Waals surface area contributed by atoms with Crippen LogP contribution >= 0.6 is 22.7 Å². The van der Waals surface area contributed by atoms with Crippen LogP contribution in [0.3, 0.4) is 0 Å². The summed E-state index contributed by atoms with van der Waals surface area (Å²) in [6.45, 7) is 13.1. The van der Waals surface area contributed by atoms with E-state index in [1.807, 2.05) is 17.1 Å². The molecule has 2 atom stereocenters. The highest BCUT2D eigenvalue weighted by molar-refractivity contribution is 7.10. The molecule has 6 nitrogen and oxygen atoms in total. The maximum absolute atomic E-state index is 14.4. The Labute approximate surface area is 284 Å². The minimum Gasteiger partial charge on any atom is -0.342 e. The largest absolute Gasteiger partial charge is 0.342 e. The molecule has 0 amide bonds. The van der Waals surface area contributed by atoms with Crippen molar-refractivity contribution >= 4 is 51.6 Å². The van der Waals surface area contributed by atoms with Crippen molar-refractivity contribution in [2.24, 2.45) is 10.8 Å². The molecular formula is C39H40N4O2S2. The molecule has 240 valence electrons. The Kier molecular flexibility index (Phi) is 6.68. The van der Waals surface area contributed by atoms with Crippen LogP contribution in [0.15, 0.2) is 88.2 Å². The molecule has 0 saturated carbocycles. The van der Waals surface area contributed by atoms with Crippen LogP contribution in [0.5, 0.6) is 0 Å². The number of thiazole rings is 2. The monoisotopic (exact) mass is 660 g/mol. The summed E-state index contributed by atoms with van der Waals surface area (Å²) in [5.41, 5.74) is 9.36. The van der Waals surface area contributed by atoms with Crippen molar-refractivity contribution in [3.63, 3.8) is 0 Å². The van der Waals surface area contributed by atoms with Crippen molar-refractivity contribution in [1.82, 2.24) is 9.97 Å². The first-order valence-electron chi connectivity index (χ1n) is 16.5. The van der Waals surface area contributed by atoms with Crippen molar-refractivity contribution < 1.29 is 9.59 Å². The molecule has 47 heavy (non-hydrogen) atoms. The van der Waals surface area contributed by atoms with Gasteiger partial charge in [0, 0.05) is 41.1 Å². The van der Waals surface area contributed by atoms with Gasteiger partial charge in [-0.3, -0.25) is 14.5 Å². The first kappa shape index (κ1) is 30.5. The summed E-state index contributed by atoms with van der Waals surface area (Å²) >= 11 is 3.24. The summed E-state index contributed by atoms with van der Waals surface area (Å²) < 4.78 is 0. The Morgan fingerprint density at radius 2 is 1.38 bits per heavy atom. The number of fused-ring (bicyclic) bond motifs is 2. The number of anilines is 3. The number of aromatic nitrogens is 2. The van der Waals surface area contributed by atoms with E-state index in [-0.39, 0.29) is 22.4 Å². The second kappa shape index (κ2) is 10.3. The molecule has 0 spiro atoms. The fourth-order valence-electron chi connectivity index (χ4n) is 8.89. The predicted molar refractivity (Wildman–Crippen MR) is 190 cm³/mol. The minimum absolute atomic E-state index is 0.106. The number of ketones is 2. The van der Waals surface area contributed by atoms with Crippen LogP contribution in [0.25, 0.3) is 0 Å². The number of rotatable bonds is 4. The van der Waals surface area contributed by atoms with Crippen LogP contribution in [0, 0.1) is 10.8 Å². The first-order valence-corrected chi connectivity index (χ1v) is 18.3. The first-order chi connectivity index (χ1) is 22.4.